The van der Waals surface area contributed by atoms with E-state index in [9.17, 15) is 9.59 Å². The highest BCUT2D eigenvalue weighted by Crippen LogP contribution is 2.07. The van der Waals surface area contributed by atoms with Crippen LogP contribution >= 0.6 is 0 Å². The van der Waals surface area contributed by atoms with E-state index in [2.05, 4.69) is 5.16 Å². The van der Waals surface area contributed by atoms with Gasteiger partial charge in [0.05, 0.1) is 12.1 Å². The minimum atomic E-state index is -0.163. The lowest BCUT2D eigenvalue weighted by atomic mass is 9.96. The molecule has 0 unspecified atom stereocenters. The van der Waals surface area contributed by atoms with E-state index < -0.39 is 0 Å². The summed E-state index contributed by atoms with van der Waals surface area (Å²) in [6, 6.07) is 0. The van der Waals surface area contributed by atoms with E-state index in [1.54, 1.807) is 0 Å². The molecule has 0 heterocycles. The number of carbonyl (C=O) groups excluding carboxylic acids is 2. The van der Waals surface area contributed by atoms with Crippen molar-refractivity contribution >= 4 is 17.3 Å². The largest absolute Gasteiger partial charge is 0.411 e. The van der Waals surface area contributed by atoms with Gasteiger partial charge in [-0.2, -0.15) is 0 Å². The van der Waals surface area contributed by atoms with Gasteiger partial charge in [-0.25, -0.2) is 0 Å². The Morgan fingerprint density at radius 3 is 2.00 bits per heavy atom. The Balaban J connectivity index is 2.68. The minimum Gasteiger partial charge on any atom is -0.411 e. The quantitative estimate of drug-likeness (QED) is 0.296. The number of Topliss-reactive ketones (excluding diaryl/α,β-unsaturated/α-hetero) is 2. The highest BCUT2D eigenvalue weighted by Gasteiger charge is 2.21. The van der Waals surface area contributed by atoms with E-state index >= 15 is 0 Å². The summed E-state index contributed by atoms with van der Waals surface area (Å²) < 4.78 is 0. The molecule has 0 aliphatic heterocycles. The summed E-state index contributed by atoms with van der Waals surface area (Å²) in [6.07, 6.45) is 0.253. The Morgan fingerprint density at radius 1 is 1.10 bits per heavy atom. The number of hydrogen-bond donors (Lipinski definition) is 1. The Morgan fingerprint density at radius 2 is 1.60 bits per heavy atom. The number of ketones is 2. The molecule has 1 aliphatic carbocycles. The fraction of sp³-hybridized carbons (Fsp3) is 0.500. The lowest BCUT2D eigenvalue weighted by molar-refractivity contribution is -0.126. The summed E-state index contributed by atoms with van der Waals surface area (Å²) in [5, 5.41) is 11.0. The van der Waals surface area contributed by atoms with Crippen LogP contribution in [0, 0.1) is 0 Å². The molecule has 1 N–H and O–H groups in total. The van der Waals surface area contributed by atoms with Gasteiger partial charge in [0.25, 0.3) is 0 Å². The Kier molecular flexibility index (Phi) is 1.80. The number of nitrogens with zero attached hydrogens (tertiary/aromatic N) is 1. The number of oxime groups is 1. The molecule has 0 aromatic heterocycles. The molecule has 1 rings (SSSR count). The second kappa shape index (κ2) is 2.60. The Bertz CT molecular complexity index is 189. The zero-order valence-corrected chi connectivity index (χ0v) is 5.33. The van der Waals surface area contributed by atoms with E-state index in [1.807, 2.05) is 0 Å². The summed E-state index contributed by atoms with van der Waals surface area (Å²) in [5.41, 5.74) is 0.279. The lowest BCUT2D eigenvalue weighted by Crippen LogP contribution is -2.22. The van der Waals surface area contributed by atoms with Crippen molar-refractivity contribution in [3.63, 3.8) is 0 Å². The predicted octanol–water partition coefficient (Wildman–Crippen LogP) is 0.139. The minimum absolute atomic E-state index is 0.000972. The van der Waals surface area contributed by atoms with Crippen LogP contribution in [0.3, 0.4) is 0 Å². The molecule has 0 aromatic rings. The average Bonchev–Trinajstić information content (AvgIpc) is 1.85. The molecule has 0 aromatic carbocycles. The highest BCUT2D eigenvalue weighted by molar-refractivity contribution is 6.20. The van der Waals surface area contributed by atoms with E-state index in [-0.39, 0.29) is 36.5 Å². The van der Waals surface area contributed by atoms with E-state index in [4.69, 9.17) is 5.21 Å². The zero-order valence-electron chi connectivity index (χ0n) is 5.33. The summed E-state index contributed by atoms with van der Waals surface area (Å²) in [7, 11) is 0. The number of hydrogen-bond acceptors (Lipinski definition) is 4. The van der Waals surface area contributed by atoms with Crippen LogP contribution in [-0.2, 0) is 9.59 Å². The molecule has 0 saturated heterocycles. The summed E-state index contributed by atoms with van der Waals surface area (Å²) >= 11 is 0. The lowest BCUT2D eigenvalue weighted by Gasteiger charge is -2.07. The Hall–Kier alpha value is -1.19. The van der Waals surface area contributed by atoms with Crippen LogP contribution < -0.4 is 0 Å². The SMILES string of the molecule is O=C1CC(=O)CC(=NO)C1. The van der Waals surface area contributed by atoms with Crippen LogP contribution in [0.25, 0.3) is 0 Å². The van der Waals surface area contributed by atoms with Crippen LogP contribution in [0.5, 0.6) is 0 Å². The van der Waals surface area contributed by atoms with Gasteiger partial charge in [-0.1, -0.05) is 5.16 Å². The van der Waals surface area contributed by atoms with E-state index in [1.165, 1.54) is 0 Å². The maximum Gasteiger partial charge on any atom is 0.146 e. The molecule has 4 heteroatoms. The molecule has 0 amide bonds. The van der Waals surface area contributed by atoms with Crippen molar-refractivity contribution in [1.29, 1.82) is 0 Å². The molecule has 4 nitrogen and oxygen atoms in total. The first-order valence-electron chi connectivity index (χ1n) is 2.95. The monoisotopic (exact) mass is 141 g/mol. The second-order valence-electron chi connectivity index (χ2n) is 2.27. The standard InChI is InChI=1S/C6H7NO3/c8-5-1-4(7-10)2-6(9)3-5/h10H,1-3H2. The number of rotatable bonds is 0. The molecular formula is C6H7NO3. The molecule has 0 spiro atoms. The van der Waals surface area contributed by atoms with Gasteiger partial charge in [-0.15, -0.1) is 0 Å². The van der Waals surface area contributed by atoms with Gasteiger partial charge >= 0.3 is 0 Å². The molecule has 0 atom stereocenters. The third-order valence-electron chi connectivity index (χ3n) is 1.34. The van der Waals surface area contributed by atoms with Crippen LogP contribution in [0.1, 0.15) is 19.3 Å². The molecule has 1 aliphatic rings. The topological polar surface area (TPSA) is 66.7 Å². The summed E-state index contributed by atoms with van der Waals surface area (Å²) in [4.78, 5) is 21.3. The zero-order chi connectivity index (χ0) is 7.56. The third kappa shape index (κ3) is 1.40. The van der Waals surface area contributed by atoms with Crippen molar-refractivity contribution in [2.24, 2.45) is 5.16 Å². The maximum absolute atomic E-state index is 10.6. The normalized spacial score (nSPS) is 19.4. The fourth-order valence-corrected chi connectivity index (χ4v) is 0.933. The Labute approximate surface area is 57.5 Å². The van der Waals surface area contributed by atoms with Crippen molar-refractivity contribution in [1.82, 2.24) is 0 Å². The fourth-order valence-electron chi connectivity index (χ4n) is 0.933. The third-order valence-corrected chi connectivity index (χ3v) is 1.34. The van der Waals surface area contributed by atoms with E-state index in [0.29, 0.717) is 0 Å². The summed E-state index contributed by atoms with van der Waals surface area (Å²) in [6.45, 7) is 0. The van der Waals surface area contributed by atoms with Crippen molar-refractivity contribution in [2.75, 3.05) is 0 Å². The molecule has 1 fully saturated rings. The molecule has 0 bridgehead atoms. The predicted molar refractivity (Wildman–Crippen MR) is 33.1 cm³/mol. The highest BCUT2D eigenvalue weighted by atomic mass is 16.4. The van der Waals surface area contributed by atoms with Gasteiger partial charge in [0.2, 0.25) is 0 Å². The van der Waals surface area contributed by atoms with Gasteiger partial charge in [0, 0.05) is 12.8 Å². The first kappa shape index (κ1) is 6.92. The van der Waals surface area contributed by atoms with Crippen LogP contribution in [0.15, 0.2) is 5.16 Å². The molecule has 54 valence electrons. The first-order valence-corrected chi connectivity index (χ1v) is 2.95. The van der Waals surface area contributed by atoms with E-state index in [0.717, 1.165) is 0 Å². The second-order valence-corrected chi connectivity index (χ2v) is 2.27. The maximum atomic E-state index is 10.6. The van der Waals surface area contributed by atoms with Crippen molar-refractivity contribution in [2.45, 2.75) is 19.3 Å². The van der Waals surface area contributed by atoms with Gasteiger partial charge in [0.15, 0.2) is 0 Å². The van der Waals surface area contributed by atoms with Crippen molar-refractivity contribution < 1.29 is 14.8 Å². The first-order chi connectivity index (χ1) is 4.72. The average molecular weight is 141 g/mol. The molecule has 1 saturated carbocycles. The smallest absolute Gasteiger partial charge is 0.146 e. The van der Waals surface area contributed by atoms with Crippen LogP contribution in [0.4, 0.5) is 0 Å². The van der Waals surface area contributed by atoms with Crippen LogP contribution in [0.2, 0.25) is 0 Å². The molecule has 0 radical (unpaired) electrons. The summed E-state index contributed by atoms with van der Waals surface area (Å²) in [5.74, 6) is -0.326. The number of carbonyl (C=O) groups is 2. The molecular weight excluding hydrogens is 134 g/mol. The van der Waals surface area contributed by atoms with Crippen molar-refractivity contribution in [3.8, 4) is 0 Å². The molecule has 10 heavy (non-hydrogen) atoms. The van der Waals surface area contributed by atoms with Gasteiger partial charge in [-0.05, 0) is 0 Å². The van der Waals surface area contributed by atoms with Crippen LogP contribution in [-0.4, -0.2) is 22.5 Å². The van der Waals surface area contributed by atoms with Crippen molar-refractivity contribution in [3.05, 3.63) is 0 Å². The van der Waals surface area contributed by atoms with Gasteiger partial charge in [0.1, 0.15) is 11.6 Å². The van der Waals surface area contributed by atoms with Gasteiger partial charge < -0.3 is 5.21 Å². The van der Waals surface area contributed by atoms with Gasteiger partial charge in [-0.3, -0.25) is 9.59 Å².